The molecule has 0 amide bonds. The monoisotopic (exact) mass is 455 g/mol. The first kappa shape index (κ1) is 22.5. The van der Waals surface area contributed by atoms with Crippen molar-refractivity contribution in [3.63, 3.8) is 0 Å². The maximum Gasteiger partial charge on any atom is 0.335 e. The molecule has 0 heterocycles. The largest absolute Gasteiger partial charge is 0.478 e. The van der Waals surface area contributed by atoms with E-state index in [0.29, 0.717) is 31.4 Å². The van der Waals surface area contributed by atoms with Crippen LogP contribution in [-0.4, -0.2) is 37.1 Å². The number of rotatable bonds is 7. The Morgan fingerprint density at radius 1 is 1.09 bits per heavy atom. The number of carboxylic acid groups (broad SMARTS) is 1. The molecule has 2 fully saturated rings. The molecule has 0 aliphatic heterocycles. The summed E-state index contributed by atoms with van der Waals surface area (Å²) >= 11 is 0. The Hall–Kier alpha value is -2.67. The first-order valence-electron chi connectivity index (χ1n) is 10.9. The van der Waals surface area contributed by atoms with Gasteiger partial charge in [-0.3, -0.25) is 9.10 Å². The van der Waals surface area contributed by atoms with Crippen LogP contribution >= 0.6 is 0 Å². The summed E-state index contributed by atoms with van der Waals surface area (Å²) in [4.78, 5) is 24.3. The second kappa shape index (κ2) is 7.73. The second-order valence-electron chi connectivity index (χ2n) is 9.64. The maximum absolute atomic E-state index is 13.1. The Kier molecular flexibility index (Phi) is 5.44. The summed E-state index contributed by atoms with van der Waals surface area (Å²) in [5.74, 6) is -0.721. The summed E-state index contributed by atoms with van der Waals surface area (Å²) in [6.07, 6.45) is 4.40. The molecule has 32 heavy (non-hydrogen) atoms. The molecule has 7 heteroatoms. The van der Waals surface area contributed by atoms with Crippen LogP contribution in [0.25, 0.3) is 0 Å². The van der Waals surface area contributed by atoms with Gasteiger partial charge in [-0.15, -0.1) is 0 Å². The van der Waals surface area contributed by atoms with Gasteiger partial charge in [-0.05, 0) is 72.4 Å². The van der Waals surface area contributed by atoms with Crippen molar-refractivity contribution < 1.29 is 23.1 Å². The average Bonchev–Trinajstić information content (AvgIpc) is 3.08. The van der Waals surface area contributed by atoms with Crippen LogP contribution in [-0.2, 0) is 27.7 Å². The SMILES string of the molecule is CC1(C)C2CCC1(N(c1ccc(CCc3cccc(C(=O)O)c3)cc1)S(C)(=O)=O)C(=O)C2. The van der Waals surface area contributed by atoms with E-state index in [9.17, 15) is 18.0 Å². The van der Waals surface area contributed by atoms with Crippen LogP contribution < -0.4 is 4.31 Å². The molecule has 170 valence electrons. The average molecular weight is 456 g/mol. The van der Waals surface area contributed by atoms with E-state index in [-0.39, 0.29) is 17.3 Å². The third-order valence-corrected chi connectivity index (χ3v) is 8.75. The lowest BCUT2D eigenvalue weighted by molar-refractivity contribution is -0.123. The van der Waals surface area contributed by atoms with Crippen LogP contribution in [0.2, 0.25) is 0 Å². The van der Waals surface area contributed by atoms with E-state index in [1.165, 1.54) is 10.6 Å². The molecule has 2 saturated carbocycles. The minimum Gasteiger partial charge on any atom is -0.478 e. The number of benzene rings is 2. The molecule has 2 aromatic rings. The van der Waals surface area contributed by atoms with Crippen molar-refractivity contribution in [2.24, 2.45) is 11.3 Å². The van der Waals surface area contributed by atoms with E-state index in [1.807, 2.05) is 32.0 Å². The Morgan fingerprint density at radius 3 is 2.28 bits per heavy atom. The smallest absolute Gasteiger partial charge is 0.335 e. The minimum absolute atomic E-state index is 0.0200. The molecule has 2 atom stereocenters. The van der Waals surface area contributed by atoms with Crippen molar-refractivity contribution >= 4 is 27.5 Å². The highest BCUT2D eigenvalue weighted by molar-refractivity contribution is 7.92. The number of carboxylic acids is 1. The second-order valence-corrected chi connectivity index (χ2v) is 11.5. The molecule has 1 N–H and O–H groups in total. The van der Waals surface area contributed by atoms with Gasteiger partial charge >= 0.3 is 5.97 Å². The number of carbonyl (C=O) groups is 2. The van der Waals surface area contributed by atoms with Crippen molar-refractivity contribution in [2.45, 2.75) is 51.5 Å². The molecule has 0 aromatic heterocycles. The Balaban J connectivity index is 1.60. The number of ketones is 1. The van der Waals surface area contributed by atoms with Gasteiger partial charge in [0, 0.05) is 6.42 Å². The number of carbonyl (C=O) groups excluding carboxylic acids is 1. The molecule has 4 rings (SSSR count). The number of hydrogen-bond donors (Lipinski definition) is 1. The number of fused-ring (bicyclic) bond motifs is 2. The molecule has 0 spiro atoms. The summed E-state index contributed by atoms with van der Waals surface area (Å²) in [5.41, 5.74) is 1.29. The lowest BCUT2D eigenvalue weighted by atomic mass is 9.75. The fourth-order valence-corrected chi connectivity index (χ4v) is 7.27. The van der Waals surface area contributed by atoms with Gasteiger partial charge in [0.1, 0.15) is 5.54 Å². The standard InChI is InChI=1S/C25H29NO5S/c1-24(2)20-13-14-25(24,22(27)16-20)26(32(3,30)31)21-11-9-17(10-12-21)7-8-18-5-4-6-19(15-18)23(28)29/h4-6,9-12,15,20H,7-8,13-14,16H2,1-3H3,(H,28,29). The number of Topliss-reactive ketones (excluding diaryl/α,β-unsaturated/α-hetero) is 1. The van der Waals surface area contributed by atoms with Crippen molar-refractivity contribution in [1.82, 2.24) is 0 Å². The van der Waals surface area contributed by atoms with E-state index < -0.39 is 26.9 Å². The third-order valence-electron chi connectivity index (χ3n) is 7.56. The number of nitrogens with zero attached hydrogens (tertiary/aromatic N) is 1. The highest BCUT2D eigenvalue weighted by atomic mass is 32.2. The van der Waals surface area contributed by atoms with E-state index >= 15 is 0 Å². The van der Waals surface area contributed by atoms with Gasteiger partial charge in [-0.2, -0.15) is 0 Å². The van der Waals surface area contributed by atoms with Gasteiger partial charge in [0.2, 0.25) is 10.0 Å². The zero-order valence-corrected chi connectivity index (χ0v) is 19.5. The van der Waals surface area contributed by atoms with Gasteiger partial charge in [0.15, 0.2) is 5.78 Å². The Bertz CT molecular complexity index is 1170. The Labute approximate surface area is 189 Å². The zero-order chi connectivity index (χ0) is 23.3. The maximum atomic E-state index is 13.1. The first-order valence-corrected chi connectivity index (χ1v) is 12.8. The number of aromatic carboxylic acids is 1. The lowest BCUT2D eigenvalue weighted by Crippen LogP contribution is -2.60. The molecule has 2 aliphatic rings. The number of hydrogen-bond acceptors (Lipinski definition) is 4. The van der Waals surface area contributed by atoms with Crippen LogP contribution in [0, 0.1) is 11.3 Å². The van der Waals surface area contributed by atoms with Crippen LogP contribution in [0.5, 0.6) is 0 Å². The van der Waals surface area contributed by atoms with E-state index in [1.54, 1.807) is 30.3 Å². The fraction of sp³-hybridized carbons (Fsp3) is 0.440. The van der Waals surface area contributed by atoms with Gasteiger partial charge in [0.05, 0.1) is 17.5 Å². The molecule has 2 unspecified atom stereocenters. The summed E-state index contributed by atoms with van der Waals surface area (Å²) in [6.45, 7) is 4.04. The van der Waals surface area contributed by atoms with E-state index in [4.69, 9.17) is 5.11 Å². The van der Waals surface area contributed by atoms with Gasteiger partial charge in [0.25, 0.3) is 0 Å². The van der Waals surface area contributed by atoms with Crippen molar-refractivity contribution in [3.8, 4) is 0 Å². The summed E-state index contributed by atoms with van der Waals surface area (Å²) < 4.78 is 27.3. The van der Waals surface area contributed by atoms with Crippen molar-refractivity contribution in [2.75, 3.05) is 10.6 Å². The normalized spacial score (nSPS) is 24.0. The molecule has 6 nitrogen and oxygen atoms in total. The quantitative estimate of drug-likeness (QED) is 0.679. The minimum atomic E-state index is -3.67. The van der Waals surface area contributed by atoms with Crippen LogP contribution in [0.1, 0.15) is 54.6 Å². The Morgan fingerprint density at radius 2 is 1.75 bits per heavy atom. The number of sulfonamides is 1. The summed E-state index contributed by atoms with van der Waals surface area (Å²) in [7, 11) is -3.67. The third kappa shape index (κ3) is 3.52. The molecule has 2 aromatic carbocycles. The van der Waals surface area contributed by atoms with E-state index in [2.05, 4.69) is 0 Å². The fourth-order valence-electron chi connectivity index (χ4n) is 5.77. The first-order chi connectivity index (χ1) is 15.0. The van der Waals surface area contributed by atoms with Crippen LogP contribution in [0.3, 0.4) is 0 Å². The topological polar surface area (TPSA) is 91.8 Å². The van der Waals surface area contributed by atoms with Gasteiger partial charge in [-0.25, -0.2) is 13.2 Å². The van der Waals surface area contributed by atoms with Gasteiger partial charge < -0.3 is 5.11 Å². The van der Waals surface area contributed by atoms with Crippen molar-refractivity contribution in [1.29, 1.82) is 0 Å². The molecular formula is C25H29NO5S. The number of anilines is 1. The summed E-state index contributed by atoms with van der Waals surface area (Å²) in [5, 5.41) is 9.15. The number of aryl methyl sites for hydroxylation is 2. The molecule has 0 radical (unpaired) electrons. The highest BCUT2D eigenvalue weighted by Crippen LogP contribution is 2.62. The molecular weight excluding hydrogens is 426 g/mol. The van der Waals surface area contributed by atoms with Gasteiger partial charge in [-0.1, -0.05) is 38.1 Å². The molecule has 2 bridgehead atoms. The highest BCUT2D eigenvalue weighted by Gasteiger charge is 2.68. The predicted molar refractivity (Wildman–Crippen MR) is 123 cm³/mol. The van der Waals surface area contributed by atoms with E-state index in [0.717, 1.165) is 17.5 Å². The van der Waals surface area contributed by atoms with Crippen LogP contribution in [0.15, 0.2) is 48.5 Å². The summed E-state index contributed by atoms with van der Waals surface area (Å²) in [6, 6.07) is 14.2. The predicted octanol–water partition coefficient (Wildman–Crippen LogP) is 4.08. The van der Waals surface area contributed by atoms with Crippen LogP contribution in [0.4, 0.5) is 5.69 Å². The molecule has 2 aliphatic carbocycles. The lowest BCUT2D eigenvalue weighted by Gasteiger charge is -2.45. The zero-order valence-electron chi connectivity index (χ0n) is 18.7. The van der Waals surface area contributed by atoms with Crippen molar-refractivity contribution in [3.05, 3.63) is 65.2 Å². The molecule has 0 saturated heterocycles.